The van der Waals surface area contributed by atoms with Crippen molar-refractivity contribution >= 4 is 28.5 Å². The molecule has 0 aliphatic rings. The number of carbonyl (C=O) groups is 1. The van der Waals surface area contributed by atoms with E-state index in [1.165, 1.54) is 6.20 Å². The molecule has 22 heavy (non-hydrogen) atoms. The molecule has 3 rings (SSSR count). The summed E-state index contributed by atoms with van der Waals surface area (Å²) >= 11 is 0. The standard InChI is InChI=1S/C15H16N6O/c1-7(2)9-6-19-14-11(9)12(20-15(17)21-14)13(22)10-4-3-8(16)5-18-10/h3-7H,16H2,1-2H3,(H3,17,19,20,21). The van der Waals surface area contributed by atoms with Gasteiger partial charge in [0.15, 0.2) is 0 Å². The van der Waals surface area contributed by atoms with Crippen LogP contribution in [-0.2, 0) is 0 Å². The predicted molar refractivity (Wildman–Crippen MR) is 84.5 cm³/mol. The highest BCUT2D eigenvalue weighted by Crippen LogP contribution is 2.28. The van der Waals surface area contributed by atoms with Crippen LogP contribution in [0.3, 0.4) is 0 Å². The van der Waals surface area contributed by atoms with E-state index in [2.05, 4.69) is 19.9 Å². The second-order valence-electron chi connectivity index (χ2n) is 5.36. The van der Waals surface area contributed by atoms with Gasteiger partial charge in [0.25, 0.3) is 0 Å². The molecular weight excluding hydrogens is 280 g/mol. The Bertz CT molecular complexity index is 850. The smallest absolute Gasteiger partial charge is 0.230 e. The number of pyridine rings is 1. The molecule has 0 unspecified atom stereocenters. The molecule has 0 bridgehead atoms. The summed E-state index contributed by atoms with van der Waals surface area (Å²) in [4.78, 5) is 28.1. The molecule has 0 atom stereocenters. The van der Waals surface area contributed by atoms with Gasteiger partial charge in [0, 0.05) is 6.20 Å². The number of carbonyl (C=O) groups excluding carboxylic acids is 1. The number of anilines is 2. The van der Waals surface area contributed by atoms with Crippen LogP contribution >= 0.6 is 0 Å². The van der Waals surface area contributed by atoms with Crippen molar-refractivity contribution in [3.05, 3.63) is 41.5 Å². The summed E-state index contributed by atoms with van der Waals surface area (Å²) in [6.45, 7) is 4.07. The third-order valence-corrected chi connectivity index (χ3v) is 3.44. The van der Waals surface area contributed by atoms with E-state index in [1.54, 1.807) is 12.1 Å². The summed E-state index contributed by atoms with van der Waals surface area (Å²) in [5, 5.41) is 0.688. The van der Waals surface area contributed by atoms with Gasteiger partial charge < -0.3 is 16.5 Å². The molecule has 0 radical (unpaired) electrons. The number of nitrogens with one attached hydrogen (secondary N) is 1. The molecule has 0 aliphatic carbocycles. The fourth-order valence-electron chi connectivity index (χ4n) is 2.35. The molecule has 0 spiro atoms. The molecule has 0 amide bonds. The number of rotatable bonds is 3. The summed E-state index contributed by atoms with van der Waals surface area (Å²) < 4.78 is 0. The summed E-state index contributed by atoms with van der Waals surface area (Å²) in [6, 6.07) is 3.20. The number of nitrogen functional groups attached to an aromatic ring is 2. The van der Waals surface area contributed by atoms with Crippen LogP contribution in [0.25, 0.3) is 11.0 Å². The van der Waals surface area contributed by atoms with Gasteiger partial charge in [0.1, 0.15) is 17.0 Å². The maximum Gasteiger partial charge on any atom is 0.230 e. The summed E-state index contributed by atoms with van der Waals surface area (Å²) in [5.74, 6) is -0.0454. The van der Waals surface area contributed by atoms with Crippen LogP contribution in [-0.4, -0.2) is 25.7 Å². The van der Waals surface area contributed by atoms with E-state index in [0.29, 0.717) is 16.7 Å². The van der Waals surface area contributed by atoms with Crippen molar-refractivity contribution in [2.45, 2.75) is 19.8 Å². The summed E-state index contributed by atoms with van der Waals surface area (Å²) in [6.07, 6.45) is 3.27. The molecule has 0 saturated heterocycles. The van der Waals surface area contributed by atoms with Crippen LogP contribution in [0.2, 0.25) is 0 Å². The molecule has 3 aromatic rings. The quantitative estimate of drug-likeness (QED) is 0.634. The van der Waals surface area contributed by atoms with E-state index in [0.717, 1.165) is 5.56 Å². The monoisotopic (exact) mass is 296 g/mol. The fourth-order valence-corrected chi connectivity index (χ4v) is 2.35. The highest BCUT2D eigenvalue weighted by Gasteiger charge is 2.21. The van der Waals surface area contributed by atoms with Gasteiger partial charge >= 0.3 is 0 Å². The second kappa shape index (κ2) is 5.10. The Labute approximate surface area is 126 Å². The average molecular weight is 296 g/mol. The molecule has 5 N–H and O–H groups in total. The van der Waals surface area contributed by atoms with Crippen LogP contribution in [0.5, 0.6) is 0 Å². The maximum atomic E-state index is 12.7. The third-order valence-electron chi connectivity index (χ3n) is 3.44. The number of aromatic amines is 1. The van der Waals surface area contributed by atoms with Crippen LogP contribution in [0, 0.1) is 0 Å². The molecule has 0 aromatic carbocycles. The highest BCUT2D eigenvalue weighted by atomic mass is 16.1. The van der Waals surface area contributed by atoms with Gasteiger partial charge in [-0.05, 0) is 23.6 Å². The number of fused-ring (bicyclic) bond motifs is 1. The first-order chi connectivity index (χ1) is 10.5. The molecular formula is C15H16N6O. The molecule has 3 aromatic heterocycles. The van der Waals surface area contributed by atoms with Crippen LogP contribution in [0.1, 0.15) is 41.5 Å². The van der Waals surface area contributed by atoms with Gasteiger partial charge in [0.05, 0.1) is 17.3 Å². The number of hydrogen-bond donors (Lipinski definition) is 3. The van der Waals surface area contributed by atoms with E-state index in [4.69, 9.17) is 11.5 Å². The van der Waals surface area contributed by atoms with Crippen LogP contribution in [0.15, 0.2) is 24.5 Å². The largest absolute Gasteiger partial charge is 0.397 e. The fraction of sp³-hybridized carbons (Fsp3) is 0.200. The lowest BCUT2D eigenvalue weighted by molar-refractivity contribution is 0.103. The van der Waals surface area contributed by atoms with Crippen molar-refractivity contribution in [2.75, 3.05) is 11.5 Å². The number of nitrogens with two attached hydrogens (primary N) is 2. The number of H-pyrrole nitrogens is 1. The van der Waals surface area contributed by atoms with E-state index in [9.17, 15) is 4.79 Å². The minimum absolute atomic E-state index is 0.0449. The maximum absolute atomic E-state index is 12.7. The van der Waals surface area contributed by atoms with E-state index in [-0.39, 0.29) is 29.0 Å². The minimum Gasteiger partial charge on any atom is -0.397 e. The zero-order chi connectivity index (χ0) is 15.9. The van der Waals surface area contributed by atoms with E-state index >= 15 is 0 Å². The zero-order valence-corrected chi connectivity index (χ0v) is 12.3. The molecule has 112 valence electrons. The van der Waals surface area contributed by atoms with E-state index in [1.807, 2.05) is 20.0 Å². The topological polar surface area (TPSA) is 124 Å². The Morgan fingerprint density at radius 1 is 1.23 bits per heavy atom. The zero-order valence-electron chi connectivity index (χ0n) is 12.3. The van der Waals surface area contributed by atoms with Gasteiger partial charge in [-0.15, -0.1) is 0 Å². The van der Waals surface area contributed by atoms with Crippen molar-refractivity contribution in [3.8, 4) is 0 Å². The summed E-state index contributed by atoms with van der Waals surface area (Å²) in [5.41, 5.74) is 13.9. The first-order valence-electron chi connectivity index (χ1n) is 6.88. The van der Waals surface area contributed by atoms with Crippen molar-refractivity contribution in [2.24, 2.45) is 0 Å². The minimum atomic E-state index is -0.305. The Kier molecular flexibility index (Phi) is 3.25. The van der Waals surface area contributed by atoms with Crippen molar-refractivity contribution in [1.29, 1.82) is 0 Å². The first-order valence-corrected chi connectivity index (χ1v) is 6.88. The van der Waals surface area contributed by atoms with Gasteiger partial charge in [-0.25, -0.2) is 4.98 Å². The first kappa shape index (κ1) is 14.0. The number of nitrogens with zero attached hydrogens (tertiary/aromatic N) is 3. The Balaban J connectivity index is 2.22. The average Bonchev–Trinajstić information content (AvgIpc) is 2.90. The predicted octanol–water partition coefficient (Wildman–Crippen LogP) is 1.87. The Hall–Kier alpha value is -2.96. The highest BCUT2D eigenvalue weighted by molar-refractivity contribution is 6.14. The molecule has 7 heteroatoms. The van der Waals surface area contributed by atoms with Crippen molar-refractivity contribution in [1.82, 2.24) is 19.9 Å². The molecule has 3 heterocycles. The molecule has 7 nitrogen and oxygen atoms in total. The number of ketones is 1. The van der Waals surface area contributed by atoms with Gasteiger partial charge in [-0.3, -0.25) is 9.78 Å². The van der Waals surface area contributed by atoms with Gasteiger partial charge in [-0.1, -0.05) is 13.8 Å². The molecule has 0 fully saturated rings. The normalized spacial score (nSPS) is 11.2. The summed E-state index contributed by atoms with van der Waals surface area (Å²) in [7, 11) is 0. The van der Waals surface area contributed by atoms with Gasteiger partial charge in [0.2, 0.25) is 11.7 Å². The van der Waals surface area contributed by atoms with Crippen LogP contribution < -0.4 is 11.5 Å². The SMILES string of the molecule is CC(C)c1c[nH]c2nc(N)nc(C(=O)c3ccc(N)cn3)c12. The van der Waals surface area contributed by atoms with E-state index < -0.39 is 0 Å². The lowest BCUT2D eigenvalue weighted by Gasteiger charge is -2.07. The number of hydrogen-bond acceptors (Lipinski definition) is 6. The van der Waals surface area contributed by atoms with Crippen molar-refractivity contribution < 1.29 is 4.79 Å². The lowest BCUT2D eigenvalue weighted by atomic mass is 10.0. The van der Waals surface area contributed by atoms with Gasteiger partial charge in [-0.2, -0.15) is 4.98 Å². The molecule has 0 aliphatic heterocycles. The van der Waals surface area contributed by atoms with Crippen molar-refractivity contribution in [3.63, 3.8) is 0 Å². The molecule has 0 saturated carbocycles. The number of aromatic nitrogens is 4. The Morgan fingerprint density at radius 3 is 2.64 bits per heavy atom. The second-order valence-corrected chi connectivity index (χ2v) is 5.36. The third kappa shape index (κ3) is 2.26. The lowest BCUT2D eigenvalue weighted by Crippen LogP contribution is -2.10. The Morgan fingerprint density at radius 2 is 2.00 bits per heavy atom. The van der Waals surface area contributed by atoms with Crippen LogP contribution in [0.4, 0.5) is 11.6 Å².